The maximum absolute atomic E-state index is 10.5. The molecule has 0 fully saturated rings. The highest BCUT2D eigenvalue weighted by Gasteiger charge is 2.19. The highest BCUT2D eigenvalue weighted by Crippen LogP contribution is 2.53. The average molecular weight is 531 g/mol. The molecular weight excluding hydrogens is 517 g/mol. The van der Waals surface area contributed by atoms with E-state index < -0.39 is 11.9 Å². The number of quaternary nitrogens is 2. The van der Waals surface area contributed by atoms with Crippen LogP contribution in [0, 0.1) is 0 Å². The van der Waals surface area contributed by atoms with Crippen LogP contribution >= 0.6 is 94.1 Å². The molecule has 4 heterocycles. The van der Waals surface area contributed by atoms with Crippen LogP contribution in [0.3, 0.4) is 0 Å². The molecule has 28 heavy (non-hydrogen) atoms. The van der Waals surface area contributed by atoms with Gasteiger partial charge < -0.3 is 32.1 Å². The second-order valence-corrected chi connectivity index (χ2v) is 12.7. The smallest absolute Gasteiger partial charge is 0.0788 e. The van der Waals surface area contributed by atoms with Crippen LogP contribution in [0.25, 0.3) is 0 Å². The summed E-state index contributed by atoms with van der Waals surface area (Å²) in [5.74, 6) is -2.18. The average Bonchev–Trinajstić information content (AvgIpc) is 3.44. The molecule has 6 nitrogen and oxygen atoms in total. The van der Waals surface area contributed by atoms with Gasteiger partial charge in [-0.2, -0.15) is 0 Å². The van der Waals surface area contributed by atoms with Crippen molar-refractivity contribution in [3.8, 4) is 0 Å². The lowest BCUT2D eigenvalue weighted by molar-refractivity contribution is -0.299. The Hall–Kier alpha value is 0.1000. The summed E-state index contributed by atoms with van der Waals surface area (Å²) < 4.78 is 4.39. The van der Waals surface area contributed by atoms with Crippen molar-refractivity contribution < 1.29 is 19.8 Å². The summed E-state index contributed by atoms with van der Waals surface area (Å²) >= 11 is 12.0. The van der Waals surface area contributed by atoms with Gasteiger partial charge >= 0.3 is 0 Å². The number of hydrogen-bond acceptors (Lipinski definition) is 12. The van der Waals surface area contributed by atoms with E-state index in [0.717, 1.165) is 16.9 Å². The molecule has 0 bridgehead atoms. The summed E-state index contributed by atoms with van der Waals surface area (Å²) in [4.78, 5) is 21.6. The Kier molecular flexibility index (Phi) is 11.9. The van der Waals surface area contributed by atoms with Crippen molar-refractivity contribution >= 4 is 106 Å². The normalized spacial score (nSPS) is 19.6. The molecule has 0 radical (unpaired) electrons. The van der Waals surface area contributed by atoms with Gasteiger partial charge in [-0.25, -0.2) is 0 Å². The molecule has 0 unspecified atom stereocenters. The fraction of sp³-hybridized carbons (Fsp3) is 0. The van der Waals surface area contributed by atoms with Crippen molar-refractivity contribution in [2.75, 3.05) is 0 Å². The summed E-state index contributed by atoms with van der Waals surface area (Å²) in [5, 5.41) is 32.2. The molecule has 0 aromatic rings. The number of carboxylic acid groups (broad SMARTS) is 2. The van der Waals surface area contributed by atoms with Gasteiger partial charge in [-0.15, -0.1) is 0 Å². The Morgan fingerprint density at radius 3 is 1.14 bits per heavy atom. The molecule has 0 aliphatic carbocycles. The van der Waals surface area contributed by atoms with Gasteiger partial charge in [-0.1, -0.05) is 94.1 Å². The van der Waals surface area contributed by atoms with Gasteiger partial charge in [0, 0.05) is 9.81 Å². The topological polar surface area (TPSA) is 153 Å². The Balaban J connectivity index is 0.000000261. The first kappa shape index (κ1) is 26.1. The third-order valence-electron chi connectivity index (χ3n) is 2.50. The van der Waals surface area contributed by atoms with Crippen molar-refractivity contribution in [3.63, 3.8) is 0 Å². The molecule has 0 saturated heterocycles. The summed E-state index contributed by atoms with van der Waals surface area (Å²) in [6.07, 6.45) is 0. The van der Waals surface area contributed by atoms with E-state index in [0.29, 0.717) is 9.81 Å². The molecule has 0 amide bonds. The van der Waals surface area contributed by atoms with E-state index in [2.05, 4.69) is 0 Å². The summed E-state index contributed by atoms with van der Waals surface area (Å²) in [6.45, 7) is 0. The van der Waals surface area contributed by atoms with E-state index >= 15 is 0 Å². The molecule has 0 atom stereocenters. The van der Waals surface area contributed by atoms with E-state index in [9.17, 15) is 19.8 Å². The molecule has 152 valence electrons. The van der Waals surface area contributed by atoms with Gasteiger partial charge in [0.2, 0.25) is 0 Å². The lowest BCUT2D eigenvalue weighted by atomic mass is 10.7. The Bertz CT molecular complexity index is 743. The summed E-state index contributed by atoms with van der Waals surface area (Å²) in [7, 11) is 0. The zero-order valence-electron chi connectivity index (χ0n) is 14.4. The van der Waals surface area contributed by atoms with Crippen molar-refractivity contribution in [3.05, 3.63) is 59.2 Å². The third-order valence-corrected chi connectivity index (χ3v) is 12.5. The van der Waals surface area contributed by atoms with Crippen LogP contribution in [-0.4, -0.2) is 11.9 Å². The molecule has 8 N–H and O–H groups in total. The Labute approximate surface area is 195 Å². The van der Waals surface area contributed by atoms with E-state index in [1.807, 2.05) is 21.6 Å². The Morgan fingerprint density at radius 2 is 0.893 bits per heavy atom. The fourth-order valence-corrected chi connectivity index (χ4v) is 10.0. The maximum atomic E-state index is 10.5. The zero-order valence-corrected chi connectivity index (χ0v) is 20.9. The molecule has 0 aromatic carbocycles. The van der Waals surface area contributed by atoms with Crippen LogP contribution in [0.2, 0.25) is 0 Å². The molecular formula is C14H14N2O4S8. The fourth-order valence-electron chi connectivity index (χ4n) is 1.48. The van der Waals surface area contributed by atoms with Gasteiger partial charge in [-0.3, -0.25) is 0 Å². The predicted octanol–water partition coefficient (Wildman–Crippen LogP) is 5.02. The second-order valence-electron chi connectivity index (χ2n) is 4.14. The maximum Gasteiger partial charge on any atom is 0.0788 e. The molecule has 4 aliphatic rings. The van der Waals surface area contributed by atoms with E-state index in [4.69, 9.17) is 0 Å². The summed E-state index contributed by atoms with van der Waals surface area (Å²) in [5.41, 5.74) is 0. The third kappa shape index (κ3) is 7.11. The molecule has 0 aromatic heterocycles. The first-order valence-corrected chi connectivity index (χ1v) is 13.4. The Morgan fingerprint density at radius 1 is 0.571 bits per heavy atom. The van der Waals surface area contributed by atoms with Gasteiger partial charge in [0.25, 0.3) is 0 Å². The monoisotopic (exact) mass is 530 g/mol. The molecule has 0 saturated carbocycles. The zero-order chi connectivity index (χ0) is 18.5. The second kappa shape index (κ2) is 12.7. The minimum Gasteiger partial charge on any atom is -0.544 e. The first-order valence-electron chi connectivity index (χ1n) is 6.52. The lowest BCUT2D eigenvalue weighted by Gasteiger charge is -2.02. The standard InChI is InChI=1S/2C7H4O2S4.2H3N/c2*8-5(9)4-3-12-7(13-4)6-10-1-2-11-6;;/h2*1-3H,(H,8,9);2*1H3. The number of carbonyl (C=O) groups is 2. The number of aliphatic carboxylic acids is 2. The quantitative estimate of drug-likeness (QED) is 0.492. The molecule has 14 heteroatoms. The number of hydrogen-bond donors (Lipinski definition) is 2. The highest BCUT2D eigenvalue weighted by atomic mass is 32.2. The van der Waals surface area contributed by atoms with Crippen LogP contribution in [0.15, 0.2) is 59.2 Å². The van der Waals surface area contributed by atoms with Gasteiger partial charge in [-0.05, 0) is 32.4 Å². The van der Waals surface area contributed by atoms with Crippen LogP contribution in [0.1, 0.15) is 0 Å². The van der Waals surface area contributed by atoms with Crippen molar-refractivity contribution in [2.24, 2.45) is 0 Å². The van der Waals surface area contributed by atoms with Crippen LogP contribution in [0.5, 0.6) is 0 Å². The minimum atomic E-state index is -1.09. The SMILES string of the molecule is O=C([O-])C1=CSC(=C2SC=CS2)S1.O=C([O-])C1=CSC(=C2SC=CS2)S1.[NH4+].[NH4+]. The van der Waals surface area contributed by atoms with Crippen LogP contribution in [0.4, 0.5) is 0 Å². The van der Waals surface area contributed by atoms with Crippen LogP contribution < -0.4 is 22.5 Å². The van der Waals surface area contributed by atoms with Gasteiger partial charge in [0.1, 0.15) is 0 Å². The van der Waals surface area contributed by atoms with E-state index in [-0.39, 0.29) is 12.3 Å². The van der Waals surface area contributed by atoms with Crippen LogP contribution in [-0.2, 0) is 9.59 Å². The van der Waals surface area contributed by atoms with Crippen molar-refractivity contribution in [2.45, 2.75) is 0 Å². The number of carbonyl (C=O) groups excluding carboxylic acids is 2. The van der Waals surface area contributed by atoms with Crippen molar-refractivity contribution in [1.82, 2.24) is 12.3 Å². The molecule has 4 rings (SSSR count). The minimum absolute atomic E-state index is 0. The van der Waals surface area contributed by atoms with E-state index in [1.165, 1.54) is 47.0 Å². The lowest BCUT2D eigenvalue weighted by Crippen LogP contribution is -2.22. The van der Waals surface area contributed by atoms with E-state index in [1.54, 1.807) is 57.9 Å². The molecule has 0 spiro atoms. The summed E-state index contributed by atoms with van der Waals surface area (Å²) in [6, 6.07) is 0. The first-order chi connectivity index (χ1) is 12.5. The number of thioether (sulfide) groups is 8. The predicted molar refractivity (Wildman–Crippen MR) is 131 cm³/mol. The van der Waals surface area contributed by atoms with Gasteiger partial charge in [0.15, 0.2) is 0 Å². The molecule has 4 aliphatic heterocycles. The van der Waals surface area contributed by atoms with Gasteiger partial charge in [0.05, 0.1) is 28.9 Å². The number of rotatable bonds is 2. The largest absolute Gasteiger partial charge is 0.544 e. The number of carboxylic acids is 2. The highest BCUT2D eigenvalue weighted by molar-refractivity contribution is 8.34. The van der Waals surface area contributed by atoms with Crippen molar-refractivity contribution in [1.29, 1.82) is 0 Å².